The average molecular weight is 462 g/mol. The van der Waals surface area contributed by atoms with Gasteiger partial charge in [-0.2, -0.15) is 0 Å². The average Bonchev–Trinajstić information content (AvgIpc) is 3.42. The van der Waals surface area contributed by atoms with Crippen molar-refractivity contribution in [3.05, 3.63) is 75.6 Å². The number of halogens is 1. The van der Waals surface area contributed by atoms with Crippen LogP contribution in [0.5, 0.6) is 0 Å². The van der Waals surface area contributed by atoms with E-state index in [4.69, 9.17) is 11.6 Å². The van der Waals surface area contributed by atoms with Crippen molar-refractivity contribution in [3.63, 3.8) is 0 Å². The number of fused-ring (bicyclic) bond motifs is 2. The maximum Gasteiger partial charge on any atom is 0.261 e. The lowest BCUT2D eigenvalue weighted by atomic mass is 10.0. The maximum absolute atomic E-state index is 14.0. The highest BCUT2D eigenvalue weighted by Gasteiger charge is 2.43. The van der Waals surface area contributed by atoms with Crippen LogP contribution in [0.4, 0.5) is 5.69 Å². The van der Waals surface area contributed by atoms with Crippen LogP contribution in [0.2, 0.25) is 5.02 Å². The zero-order chi connectivity index (χ0) is 23.4. The fourth-order valence-electron chi connectivity index (χ4n) is 4.75. The summed E-state index contributed by atoms with van der Waals surface area (Å²) in [6, 6.07) is 11.1. The lowest BCUT2D eigenvalue weighted by molar-refractivity contribution is -0.118. The van der Waals surface area contributed by atoms with Gasteiger partial charge in [0.15, 0.2) is 0 Å². The molecule has 4 aromatic rings. The number of carbonyl (C=O) groups is 2. The zero-order valence-electron chi connectivity index (χ0n) is 19.0. The molecule has 1 atom stereocenters. The topological polar surface area (TPSA) is 73.0 Å². The molecule has 0 spiro atoms. The van der Waals surface area contributed by atoms with Gasteiger partial charge < -0.3 is 4.57 Å². The Balaban J connectivity index is 1.73. The Kier molecular flexibility index (Phi) is 5.09. The summed E-state index contributed by atoms with van der Waals surface area (Å²) in [6.45, 7) is 3.81. The van der Waals surface area contributed by atoms with Gasteiger partial charge in [-0.25, -0.2) is 4.68 Å². The van der Waals surface area contributed by atoms with E-state index in [9.17, 15) is 9.59 Å². The second-order valence-electron chi connectivity index (χ2n) is 8.57. The number of nitrogens with zero attached hydrogens (tertiary/aromatic N) is 5. The molecule has 0 N–H and O–H groups in total. The third-order valence-corrected chi connectivity index (χ3v) is 6.65. The zero-order valence-corrected chi connectivity index (χ0v) is 19.7. The summed E-state index contributed by atoms with van der Waals surface area (Å²) in [7, 11) is 3.77. The number of hydrogen-bond donors (Lipinski definition) is 0. The van der Waals surface area contributed by atoms with Crippen molar-refractivity contribution in [2.45, 2.75) is 32.7 Å². The van der Waals surface area contributed by atoms with Crippen molar-refractivity contribution in [1.29, 1.82) is 0 Å². The molecule has 0 bridgehead atoms. The third-order valence-electron chi connectivity index (χ3n) is 6.40. The number of amides is 1. The van der Waals surface area contributed by atoms with Crippen LogP contribution in [0.15, 0.2) is 42.6 Å². The Labute approximate surface area is 196 Å². The molecule has 33 heavy (non-hydrogen) atoms. The lowest BCUT2D eigenvalue weighted by Gasteiger charge is -2.27. The molecule has 7 nitrogen and oxygen atoms in total. The summed E-state index contributed by atoms with van der Waals surface area (Å²) in [6.07, 6.45) is 2.59. The minimum atomic E-state index is -0.349. The van der Waals surface area contributed by atoms with E-state index in [2.05, 4.69) is 10.3 Å². The number of Topliss-reactive ketones (excluding diaryl/α,β-unsaturated/α-hetero) is 1. The van der Waals surface area contributed by atoms with Crippen molar-refractivity contribution in [2.75, 3.05) is 4.90 Å². The van der Waals surface area contributed by atoms with E-state index in [0.717, 1.165) is 39.1 Å². The van der Waals surface area contributed by atoms with Crippen LogP contribution < -0.4 is 4.90 Å². The first kappa shape index (κ1) is 21.4. The maximum atomic E-state index is 14.0. The molecule has 2 aromatic heterocycles. The van der Waals surface area contributed by atoms with Gasteiger partial charge in [0.1, 0.15) is 17.3 Å². The fraction of sp³-hybridized carbons (Fsp3) is 0.280. The van der Waals surface area contributed by atoms with Crippen LogP contribution in [0.1, 0.15) is 52.1 Å². The van der Waals surface area contributed by atoms with Crippen molar-refractivity contribution >= 4 is 40.0 Å². The van der Waals surface area contributed by atoms with Gasteiger partial charge in [0.05, 0.1) is 16.8 Å². The second-order valence-corrected chi connectivity index (χ2v) is 9.00. The summed E-state index contributed by atoms with van der Waals surface area (Å²) in [5.41, 5.74) is 6.57. The van der Waals surface area contributed by atoms with Gasteiger partial charge in [0.25, 0.3) is 5.91 Å². The van der Waals surface area contributed by atoms with Crippen molar-refractivity contribution < 1.29 is 9.59 Å². The first-order valence-electron chi connectivity index (χ1n) is 10.9. The van der Waals surface area contributed by atoms with Gasteiger partial charge in [-0.05, 0) is 47.9 Å². The predicted octanol–water partition coefficient (Wildman–Crippen LogP) is 4.54. The Hall–Kier alpha value is -3.45. The molecule has 0 radical (unpaired) electrons. The number of rotatable bonds is 5. The fourth-order valence-corrected chi connectivity index (χ4v) is 4.88. The number of anilines is 1. The molecule has 1 aliphatic heterocycles. The quantitative estimate of drug-likeness (QED) is 0.437. The van der Waals surface area contributed by atoms with E-state index < -0.39 is 0 Å². The minimum absolute atomic E-state index is 0.107. The van der Waals surface area contributed by atoms with Crippen LogP contribution in [0, 0.1) is 6.92 Å². The first-order chi connectivity index (χ1) is 15.8. The normalized spacial score (nSPS) is 15.5. The molecule has 8 heteroatoms. The smallest absolute Gasteiger partial charge is 0.261 e. The van der Waals surface area contributed by atoms with Crippen molar-refractivity contribution in [3.8, 4) is 0 Å². The van der Waals surface area contributed by atoms with E-state index in [-0.39, 0.29) is 24.2 Å². The number of ketones is 1. The number of carbonyl (C=O) groups excluding carboxylic acids is 2. The highest BCUT2D eigenvalue weighted by molar-refractivity contribution is 6.30. The van der Waals surface area contributed by atoms with Crippen LogP contribution in [-0.2, 0) is 25.3 Å². The lowest BCUT2D eigenvalue weighted by Crippen LogP contribution is -2.30. The number of aryl methyl sites for hydroxylation is 3. The number of hydrogen-bond acceptors (Lipinski definition) is 4. The Bertz CT molecular complexity index is 1420. The van der Waals surface area contributed by atoms with Gasteiger partial charge in [0, 0.05) is 43.8 Å². The molecular weight excluding hydrogens is 438 g/mol. The standard InChI is InChI=1S/C25H24ClN5O2/c1-5-19(32)11-16-13-29(3)24-21(16)25(33)31(23(24)15-6-8-17(26)9-7-15)18-10-14(2)22-20(12-18)30(4)28-27-22/h6-10,12-13,23H,5,11H2,1-4H3. The van der Waals surface area contributed by atoms with Gasteiger partial charge in [-0.3, -0.25) is 14.5 Å². The number of benzene rings is 2. The van der Waals surface area contributed by atoms with Crippen molar-refractivity contribution in [2.24, 2.45) is 14.1 Å². The minimum Gasteiger partial charge on any atom is -0.351 e. The summed E-state index contributed by atoms with van der Waals surface area (Å²) in [4.78, 5) is 28.0. The van der Waals surface area contributed by atoms with Gasteiger partial charge >= 0.3 is 0 Å². The molecule has 2 aromatic carbocycles. The third kappa shape index (κ3) is 3.35. The van der Waals surface area contributed by atoms with Gasteiger partial charge in [0.2, 0.25) is 0 Å². The molecule has 1 unspecified atom stereocenters. The Morgan fingerprint density at radius 2 is 1.88 bits per heavy atom. The summed E-state index contributed by atoms with van der Waals surface area (Å²) < 4.78 is 3.68. The SMILES string of the molecule is CCC(=O)Cc1cn(C)c2c1C(=O)N(c1cc(C)c3nnn(C)c3c1)C2c1ccc(Cl)cc1. The molecule has 1 amide bonds. The van der Waals surface area contributed by atoms with Gasteiger partial charge in [-0.15, -0.1) is 5.10 Å². The molecule has 0 saturated carbocycles. The summed E-state index contributed by atoms with van der Waals surface area (Å²) >= 11 is 6.16. The first-order valence-corrected chi connectivity index (χ1v) is 11.3. The van der Waals surface area contributed by atoms with Crippen LogP contribution in [-0.4, -0.2) is 31.3 Å². The molecule has 5 rings (SSSR count). The van der Waals surface area contributed by atoms with Crippen LogP contribution >= 0.6 is 11.6 Å². The predicted molar refractivity (Wildman–Crippen MR) is 128 cm³/mol. The molecular formula is C25H24ClN5O2. The molecule has 168 valence electrons. The van der Waals surface area contributed by atoms with Crippen LogP contribution in [0.3, 0.4) is 0 Å². The Morgan fingerprint density at radius 1 is 1.15 bits per heavy atom. The molecule has 0 aliphatic carbocycles. The van der Waals surface area contributed by atoms with E-state index in [1.165, 1.54) is 0 Å². The van der Waals surface area contributed by atoms with Crippen molar-refractivity contribution in [1.82, 2.24) is 19.6 Å². The number of aromatic nitrogens is 4. The van der Waals surface area contributed by atoms with E-state index in [1.807, 2.05) is 80.0 Å². The summed E-state index contributed by atoms with van der Waals surface area (Å²) in [5.74, 6) is -0.00533. The molecule has 3 heterocycles. The highest BCUT2D eigenvalue weighted by Crippen LogP contribution is 2.44. The van der Waals surface area contributed by atoms with E-state index in [1.54, 1.807) is 4.68 Å². The van der Waals surface area contributed by atoms with E-state index in [0.29, 0.717) is 17.0 Å². The van der Waals surface area contributed by atoms with E-state index >= 15 is 0 Å². The molecule has 1 aliphatic rings. The largest absolute Gasteiger partial charge is 0.351 e. The van der Waals surface area contributed by atoms with Crippen LogP contribution in [0.25, 0.3) is 11.0 Å². The monoisotopic (exact) mass is 461 g/mol. The summed E-state index contributed by atoms with van der Waals surface area (Å²) in [5, 5.41) is 9.01. The second kappa shape index (κ2) is 7.85. The highest BCUT2D eigenvalue weighted by atomic mass is 35.5. The molecule has 0 saturated heterocycles. The Morgan fingerprint density at radius 3 is 2.58 bits per heavy atom. The molecule has 0 fully saturated rings. The van der Waals surface area contributed by atoms with Gasteiger partial charge in [-0.1, -0.05) is 35.9 Å².